The van der Waals surface area contributed by atoms with Gasteiger partial charge >= 0.3 is 39.5 Å². The maximum absolute atomic E-state index is 13.1. The van der Waals surface area contributed by atoms with Crippen molar-refractivity contribution in [3.8, 4) is 0 Å². The van der Waals surface area contributed by atoms with Crippen LogP contribution in [0.2, 0.25) is 0 Å². The topological polar surface area (TPSA) is 237 Å². The van der Waals surface area contributed by atoms with Gasteiger partial charge in [-0.2, -0.15) is 0 Å². The smallest absolute Gasteiger partial charge is 0.462 e. The highest BCUT2D eigenvalue weighted by molar-refractivity contribution is 7.47. The van der Waals surface area contributed by atoms with Crippen LogP contribution >= 0.6 is 15.6 Å². The first kappa shape index (κ1) is 98.0. The molecule has 0 radical (unpaired) electrons. The summed E-state index contributed by atoms with van der Waals surface area (Å²) in [5.74, 6) is -0.651. The molecule has 0 aromatic heterocycles. The normalized spacial score (nSPS) is 14.2. The van der Waals surface area contributed by atoms with Crippen LogP contribution in [-0.4, -0.2) is 96.7 Å². The van der Waals surface area contributed by atoms with E-state index in [0.29, 0.717) is 31.6 Å². The fraction of sp³-hybridized carbons (Fsp3) is 0.854. The first-order valence-electron chi connectivity index (χ1n) is 41.1. The molecule has 0 bridgehead atoms. The Kier molecular flexibility index (Phi) is 70.4. The minimum atomic E-state index is -4.97. The molecule has 3 N–H and O–H groups in total. The minimum Gasteiger partial charge on any atom is -0.462 e. The quantitative estimate of drug-likeness (QED) is 0.0169. The van der Waals surface area contributed by atoms with Gasteiger partial charge in [0.15, 0.2) is 12.2 Å². The van der Waals surface area contributed by atoms with E-state index in [1.165, 1.54) is 167 Å². The SMILES string of the molecule is CCCCCC/C=C\C=C/CCCCCCCC(=O)O[C@H](COC(=O)CCCCCCCCCCCCCCCCCCCCC(C)C)COP(=O)(O)OCC(O)COP(=O)(O)OC[C@@H](COC(=O)CCCCCCCCCC(C)C)OC(=O)CCCCCCC/C=C\C=C/CCCCCC. The summed E-state index contributed by atoms with van der Waals surface area (Å²) in [4.78, 5) is 73.0. The second-order valence-corrected chi connectivity index (χ2v) is 32.0. The molecule has 0 fully saturated rings. The number of carbonyl (C=O) groups excluding carboxylic acids is 4. The molecule has 0 aromatic rings. The number of aliphatic hydroxyl groups is 1. The maximum Gasteiger partial charge on any atom is 0.472 e. The van der Waals surface area contributed by atoms with Gasteiger partial charge < -0.3 is 33.8 Å². The fourth-order valence-electron chi connectivity index (χ4n) is 11.6. The summed E-state index contributed by atoms with van der Waals surface area (Å²) in [5, 5.41) is 10.6. The second kappa shape index (κ2) is 72.6. The number of unbranched alkanes of at least 4 members (excludes halogenated alkanes) is 41. The number of phosphoric ester groups is 2. The van der Waals surface area contributed by atoms with Crippen molar-refractivity contribution < 1.29 is 80.2 Å². The predicted molar refractivity (Wildman–Crippen MR) is 413 cm³/mol. The molecule has 0 aromatic carbocycles. The molecule has 0 saturated heterocycles. The summed E-state index contributed by atoms with van der Waals surface area (Å²) in [5.41, 5.74) is 0. The van der Waals surface area contributed by atoms with Gasteiger partial charge in [-0.3, -0.25) is 37.3 Å². The zero-order valence-corrected chi connectivity index (χ0v) is 67.0. The molecule has 0 spiro atoms. The highest BCUT2D eigenvalue weighted by Gasteiger charge is 2.30. The lowest BCUT2D eigenvalue weighted by molar-refractivity contribution is -0.161. The summed E-state index contributed by atoms with van der Waals surface area (Å²) >= 11 is 0. The molecule has 101 heavy (non-hydrogen) atoms. The summed E-state index contributed by atoms with van der Waals surface area (Å²) in [6, 6.07) is 0. The molecule has 0 rings (SSSR count). The van der Waals surface area contributed by atoms with E-state index in [9.17, 15) is 43.2 Å². The average molecular weight is 1470 g/mol. The first-order chi connectivity index (χ1) is 48.9. The number of allylic oxidation sites excluding steroid dienone is 8. The third kappa shape index (κ3) is 75.1. The molecular weight excluding hydrogens is 1320 g/mol. The van der Waals surface area contributed by atoms with Crippen LogP contribution in [0.15, 0.2) is 48.6 Å². The van der Waals surface area contributed by atoms with Gasteiger partial charge in [0.25, 0.3) is 0 Å². The molecule has 5 atom stereocenters. The van der Waals surface area contributed by atoms with Gasteiger partial charge in [0.2, 0.25) is 0 Å². The number of ether oxygens (including phenoxy) is 4. The third-order valence-electron chi connectivity index (χ3n) is 18.0. The number of esters is 4. The van der Waals surface area contributed by atoms with Gasteiger partial charge in [-0.05, 0) is 88.9 Å². The number of carbonyl (C=O) groups is 4. The van der Waals surface area contributed by atoms with E-state index in [1.54, 1.807) is 0 Å². The lowest BCUT2D eigenvalue weighted by Gasteiger charge is -2.21. The maximum atomic E-state index is 13.1. The molecule has 19 heteroatoms. The van der Waals surface area contributed by atoms with Crippen molar-refractivity contribution in [1.29, 1.82) is 0 Å². The molecule has 592 valence electrons. The first-order valence-corrected chi connectivity index (χ1v) is 44.1. The van der Waals surface area contributed by atoms with Crippen LogP contribution in [-0.2, 0) is 65.4 Å². The molecular formula is C82H152O17P2. The van der Waals surface area contributed by atoms with Crippen molar-refractivity contribution in [3.05, 3.63) is 48.6 Å². The van der Waals surface area contributed by atoms with Crippen LogP contribution in [0.3, 0.4) is 0 Å². The molecule has 3 unspecified atom stereocenters. The summed E-state index contributed by atoms with van der Waals surface area (Å²) in [6.45, 7) is 9.47. The van der Waals surface area contributed by atoms with Crippen molar-refractivity contribution in [2.45, 2.75) is 400 Å². The van der Waals surface area contributed by atoms with Crippen molar-refractivity contribution in [1.82, 2.24) is 0 Å². The van der Waals surface area contributed by atoms with Gasteiger partial charge in [0, 0.05) is 25.7 Å². The van der Waals surface area contributed by atoms with Crippen molar-refractivity contribution in [2.24, 2.45) is 11.8 Å². The van der Waals surface area contributed by atoms with Gasteiger partial charge in [-0.25, -0.2) is 9.13 Å². The molecule has 0 amide bonds. The van der Waals surface area contributed by atoms with E-state index >= 15 is 0 Å². The Balaban J connectivity index is 5.27. The monoisotopic (exact) mass is 1470 g/mol. The molecule has 17 nitrogen and oxygen atoms in total. The molecule has 0 aliphatic carbocycles. The van der Waals surface area contributed by atoms with Crippen molar-refractivity contribution >= 4 is 39.5 Å². The van der Waals surface area contributed by atoms with E-state index in [2.05, 4.69) is 90.2 Å². The van der Waals surface area contributed by atoms with Gasteiger partial charge in [-0.15, -0.1) is 0 Å². The number of aliphatic hydroxyl groups excluding tert-OH is 1. The van der Waals surface area contributed by atoms with E-state index in [0.717, 1.165) is 128 Å². The zero-order valence-electron chi connectivity index (χ0n) is 65.2. The fourth-order valence-corrected chi connectivity index (χ4v) is 13.2. The van der Waals surface area contributed by atoms with Crippen LogP contribution in [0.25, 0.3) is 0 Å². The highest BCUT2D eigenvalue weighted by Crippen LogP contribution is 2.45. The van der Waals surface area contributed by atoms with E-state index in [1.807, 2.05) is 0 Å². The van der Waals surface area contributed by atoms with Gasteiger partial charge in [0.1, 0.15) is 19.3 Å². The Bertz CT molecular complexity index is 2130. The van der Waals surface area contributed by atoms with Crippen LogP contribution in [0.1, 0.15) is 382 Å². The van der Waals surface area contributed by atoms with Crippen molar-refractivity contribution in [2.75, 3.05) is 39.6 Å². The Labute approximate surface area is 617 Å². The largest absolute Gasteiger partial charge is 0.472 e. The predicted octanol–water partition coefficient (Wildman–Crippen LogP) is 23.8. The Hall–Kier alpha value is -2.98. The van der Waals surface area contributed by atoms with Crippen molar-refractivity contribution in [3.63, 3.8) is 0 Å². The van der Waals surface area contributed by atoms with E-state index in [4.69, 9.17) is 37.0 Å². The number of rotatable bonds is 77. The van der Waals surface area contributed by atoms with Crippen LogP contribution in [0, 0.1) is 11.8 Å². The van der Waals surface area contributed by atoms with E-state index in [-0.39, 0.29) is 25.7 Å². The standard InChI is InChI=1S/C82H152O17P2/c1-7-9-11-13-15-17-19-21-27-33-37-41-47-54-60-66-81(86)98-77(70-92-79(84)64-58-52-46-40-36-32-30-26-24-23-25-29-31-35-39-44-50-56-62-74(3)4)72-96-100(88,89)94-68-76(83)69-95-101(90,91)97-73-78(71-93-80(85)65-59-53-49-43-45-51-57-63-75(5)6)99-82(87)67-61-55-48-42-38-34-28-22-20-18-16-14-12-10-8-2/h17-22,27-28,74-78,83H,7-16,23-26,29-73H2,1-6H3,(H,88,89)(H,90,91)/b19-17-,20-18-,27-21-,28-22-/t76?,77-,78-/m1/s1. The Morgan fingerprint density at radius 1 is 0.307 bits per heavy atom. The zero-order chi connectivity index (χ0) is 74.2. The Morgan fingerprint density at radius 2 is 0.535 bits per heavy atom. The highest BCUT2D eigenvalue weighted by atomic mass is 31.2. The van der Waals surface area contributed by atoms with Crippen LogP contribution in [0.4, 0.5) is 0 Å². The minimum absolute atomic E-state index is 0.0818. The molecule has 0 aliphatic heterocycles. The lowest BCUT2D eigenvalue weighted by Crippen LogP contribution is -2.30. The van der Waals surface area contributed by atoms with E-state index < -0.39 is 97.5 Å². The van der Waals surface area contributed by atoms with Crippen LogP contribution in [0.5, 0.6) is 0 Å². The second-order valence-electron chi connectivity index (χ2n) is 29.1. The average Bonchev–Trinajstić information content (AvgIpc) is 0.924. The number of hydrogen-bond donors (Lipinski definition) is 3. The summed E-state index contributed by atoms with van der Waals surface area (Å²) < 4.78 is 68.6. The molecule has 0 aliphatic rings. The molecule has 0 saturated carbocycles. The lowest BCUT2D eigenvalue weighted by atomic mass is 10.0. The summed E-state index contributed by atoms with van der Waals surface area (Å²) in [6.07, 6.45) is 68.4. The number of hydrogen-bond acceptors (Lipinski definition) is 15. The third-order valence-corrected chi connectivity index (χ3v) is 19.9. The molecule has 0 heterocycles. The summed E-state index contributed by atoms with van der Waals surface area (Å²) in [7, 11) is -9.95. The van der Waals surface area contributed by atoms with Gasteiger partial charge in [0.05, 0.1) is 26.4 Å². The van der Waals surface area contributed by atoms with Gasteiger partial charge in [-0.1, -0.05) is 328 Å². The van der Waals surface area contributed by atoms with Crippen LogP contribution < -0.4 is 0 Å². The number of phosphoric acid groups is 2. The Morgan fingerprint density at radius 3 is 0.802 bits per heavy atom.